The Morgan fingerprint density at radius 2 is 1.85 bits per heavy atom. The van der Waals surface area contributed by atoms with Crippen LogP contribution in [-0.2, 0) is 19.9 Å². The molecular weight excluding hydrogens is 373 g/mol. The molecule has 0 bridgehead atoms. The van der Waals surface area contributed by atoms with Crippen LogP contribution in [0, 0.1) is 0 Å². The molecule has 6 heteroatoms. The molecule has 0 aromatic heterocycles. The van der Waals surface area contributed by atoms with Crippen molar-refractivity contribution in [1.29, 1.82) is 0 Å². The lowest BCUT2D eigenvalue weighted by atomic mass is 9.87. The van der Waals surface area contributed by atoms with Gasteiger partial charge in [-0.15, -0.1) is 0 Å². The zero-order valence-electron chi connectivity index (χ0n) is 14.1. The fourth-order valence-corrected chi connectivity index (χ4v) is 4.17. The second kappa shape index (κ2) is 6.71. The van der Waals surface area contributed by atoms with Gasteiger partial charge in [0.25, 0.3) is 0 Å². The molecule has 2 aromatic rings. The van der Waals surface area contributed by atoms with Gasteiger partial charge in [-0.2, -0.15) is 0 Å². The monoisotopic (exact) mass is 389 g/mol. The van der Waals surface area contributed by atoms with Crippen molar-refractivity contribution in [2.24, 2.45) is 0 Å². The molecule has 1 fully saturated rings. The quantitative estimate of drug-likeness (QED) is 0.748. The molecule has 4 rings (SSSR count). The molecule has 1 amide bonds. The maximum Gasteiger partial charge on any atom is 0.235 e. The highest BCUT2D eigenvalue weighted by molar-refractivity contribution is 6.35. The first-order valence-electron chi connectivity index (χ1n) is 8.29. The first-order chi connectivity index (χ1) is 12.5. The van der Waals surface area contributed by atoms with Crippen LogP contribution >= 0.6 is 23.2 Å². The van der Waals surface area contributed by atoms with Gasteiger partial charge in [0.05, 0.1) is 17.8 Å². The summed E-state index contributed by atoms with van der Waals surface area (Å²) in [6, 6.07) is 14.8. The van der Waals surface area contributed by atoms with Crippen LogP contribution in [0.2, 0.25) is 10.0 Å². The van der Waals surface area contributed by atoms with E-state index < -0.39 is 11.9 Å². The van der Waals surface area contributed by atoms with Gasteiger partial charge in [-0.1, -0.05) is 59.6 Å². The maximum atomic E-state index is 13.0. The van der Waals surface area contributed by atoms with Crippen molar-refractivity contribution >= 4 is 34.8 Å². The number of methoxy groups -OCH3 is 1. The van der Waals surface area contributed by atoms with Gasteiger partial charge >= 0.3 is 0 Å². The predicted molar refractivity (Wildman–Crippen MR) is 101 cm³/mol. The molecule has 2 aliphatic heterocycles. The molecule has 134 valence electrons. The molecule has 0 saturated carbocycles. The number of rotatable bonds is 3. The van der Waals surface area contributed by atoms with Gasteiger partial charge < -0.3 is 9.47 Å². The molecule has 1 saturated heterocycles. The minimum Gasteiger partial charge on any atom is -0.356 e. The zero-order valence-corrected chi connectivity index (χ0v) is 15.6. The van der Waals surface area contributed by atoms with E-state index >= 15 is 0 Å². The van der Waals surface area contributed by atoms with Crippen molar-refractivity contribution in [3.63, 3.8) is 0 Å². The molecule has 2 heterocycles. The molecule has 0 radical (unpaired) electrons. The Bertz CT molecular complexity index is 864. The summed E-state index contributed by atoms with van der Waals surface area (Å²) in [5.74, 6) is -0.0739. The molecular formula is C20H17Cl2NO3. The van der Waals surface area contributed by atoms with Gasteiger partial charge in [0, 0.05) is 23.6 Å². The van der Waals surface area contributed by atoms with E-state index in [1.54, 1.807) is 30.2 Å². The fraction of sp³-hybridized carbons (Fsp3) is 0.250. The van der Waals surface area contributed by atoms with Crippen LogP contribution in [0.4, 0.5) is 5.69 Å². The van der Waals surface area contributed by atoms with Gasteiger partial charge in [-0.3, -0.25) is 9.69 Å². The van der Waals surface area contributed by atoms with E-state index in [1.165, 1.54) is 0 Å². The molecule has 0 aliphatic carbocycles. The Morgan fingerprint density at radius 1 is 1.15 bits per heavy atom. The average molecular weight is 390 g/mol. The molecule has 2 atom stereocenters. The van der Waals surface area contributed by atoms with Crippen LogP contribution in [0.3, 0.4) is 0 Å². The summed E-state index contributed by atoms with van der Waals surface area (Å²) in [6.07, 6.45) is 2.34. The summed E-state index contributed by atoms with van der Waals surface area (Å²) in [5.41, 5.74) is 1.44. The van der Waals surface area contributed by atoms with Crippen LogP contribution in [0.15, 0.2) is 60.3 Å². The summed E-state index contributed by atoms with van der Waals surface area (Å²) in [7, 11) is 1.60. The highest BCUT2D eigenvalue weighted by Gasteiger charge is 2.53. The van der Waals surface area contributed by atoms with Crippen molar-refractivity contribution in [2.75, 3.05) is 12.0 Å². The number of anilines is 1. The lowest BCUT2D eigenvalue weighted by molar-refractivity contribution is -0.194. The molecule has 26 heavy (non-hydrogen) atoms. The van der Waals surface area contributed by atoms with Crippen molar-refractivity contribution in [3.8, 4) is 0 Å². The summed E-state index contributed by atoms with van der Waals surface area (Å²) in [5, 5.41) is 0.953. The van der Waals surface area contributed by atoms with E-state index in [2.05, 4.69) is 0 Å². The van der Waals surface area contributed by atoms with Crippen LogP contribution in [0.1, 0.15) is 18.4 Å². The number of carbonyl (C=O) groups is 1. The Morgan fingerprint density at radius 3 is 2.50 bits per heavy atom. The predicted octanol–water partition coefficient (Wildman–Crippen LogP) is 4.90. The summed E-state index contributed by atoms with van der Waals surface area (Å²) in [6.45, 7) is 0. The minimum absolute atomic E-state index is 0.0739. The lowest BCUT2D eigenvalue weighted by Gasteiger charge is -2.38. The van der Waals surface area contributed by atoms with Crippen LogP contribution in [0.5, 0.6) is 0 Å². The van der Waals surface area contributed by atoms with E-state index in [4.69, 9.17) is 32.7 Å². The first-order valence-corrected chi connectivity index (χ1v) is 9.05. The molecule has 0 N–H and O–H groups in total. The minimum atomic E-state index is -0.883. The third-order valence-electron chi connectivity index (χ3n) is 4.75. The lowest BCUT2D eigenvalue weighted by Crippen LogP contribution is -2.39. The van der Waals surface area contributed by atoms with Crippen molar-refractivity contribution < 1.29 is 14.3 Å². The van der Waals surface area contributed by atoms with E-state index in [0.717, 1.165) is 11.3 Å². The standard InChI is InChI=1S/C20H17Cl2NO3/c1-25-19-8-7-17-20(26-19,13-5-3-2-4-6-13)12-18(24)23(17)16-10-14(21)9-15(22)11-16/h2-7,9-11,19H,8,12H2,1H3/t19-,20+/m0/s1. The van der Waals surface area contributed by atoms with Gasteiger partial charge in [0.15, 0.2) is 6.29 Å². The number of amides is 1. The Kier molecular flexibility index (Phi) is 4.53. The zero-order chi connectivity index (χ0) is 18.3. The second-order valence-corrected chi connectivity index (χ2v) is 7.21. The summed E-state index contributed by atoms with van der Waals surface area (Å²) in [4.78, 5) is 14.7. The molecule has 0 unspecified atom stereocenters. The van der Waals surface area contributed by atoms with E-state index in [-0.39, 0.29) is 12.3 Å². The Balaban J connectivity index is 1.87. The number of ether oxygens (including phenoxy) is 2. The topological polar surface area (TPSA) is 38.8 Å². The van der Waals surface area contributed by atoms with Gasteiger partial charge in [-0.05, 0) is 23.8 Å². The van der Waals surface area contributed by atoms with E-state index in [9.17, 15) is 4.79 Å². The van der Waals surface area contributed by atoms with Gasteiger partial charge in [-0.25, -0.2) is 0 Å². The molecule has 2 aromatic carbocycles. The number of hydrogen-bond donors (Lipinski definition) is 0. The fourth-order valence-electron chi connectivity index (χ4n) is 3.66. The van der Waals surface area contributed by atoms with Crippen LogP contribution in [-0.4, -0.2) is 19.3 Å². The van der Waals surface area contributed by atoms with E-state index in [0.29, 0.717) is 22.2 Å². The van der Waals surface area contributed by atoms with Crippen molar-refractivity contribution in [1.82, 2.24) is 0 Å². The maximum absolute atomic E-state index is 13.0. The van der Waals surface area contributed by atoms with Crippen LogP contribution in [0.25, 0.3) is 0 Å². The van der Waals surface area contributed by atoms with Gasteiger partial charge in [0.2, 0.25) is 5.91 Å². The normalized spacial score (nSPS) is 25.2. The smallest absolute Gasteiger partial charge is 0.235 e. The second-order valence-electron chi connectivity index (χ2n) is 6.33. The number of hydrogen-bond acceptors (Lipinski definition) is 3. The van der Waals surface area contributed by atoms with E-state index in [1.807, 2.05) is 36.4 Å². The highest BCUT2D eigenvalue weighted by Crippen LogP contribution is 2.50. The number of nitrogens with zero attached hydrogens (tertiary/aromatic N) is 1. The van der Waals surface area contributed by atoms with Crippen molar-refractivity contribution in [2.45, 2.75) is 24.7 Å². The number of benzene rings is 2. The molecule has 2 aliphatic rings. The van der Waals surface area contributed by atoms with Crippen molar-refractivity contribution in [3.05, 3.63) is 75.9 Å². The third-order valence-corrected chi connectivity index (χ3v) is 5.19. The number of halogens is 2. The Labute approximate surface area is 161 Å². The number of fused-ring (bicyclic) bond motifs is 1. The molecule has 0 spiro atoms. The Hall–Kier alpha value is -1.85. The first kappa shape index (κ1) is 17.6. The highest BCUT2D eigenvalue weighted by atomic mass is 35.5. The number of carbonyl (C=O) groups excluding carboxylic acids is 1. The summed E-state index contributed by atoms with van der Waals surface area (Å²) < 4.78 is 11.7. The van der Waals surface area contributed by atoms with Crippen LogP contribution < -0.4 is 4.90 Å². The van der Waals surface area contributed by atoms with Gasteiger partial charge in [0.1, 0.15) is 5.60 Å². The summed E-state index contributed by atoms with van der Waals surface area (Å²) >= 11 is 12.3. The SMILES string of the molecule is CO[C@@H]1CC=C2N(c3cc(Cl)cc(Cl)c3)C(=O)C[C@]2(c2ccccc2)O1. The largest absolute Gasteiger partial charge is 0.356 e. The average Bonchev–Trinajstić information content (AvgIpc) is 2.93. The third kappa shape index (κ3) is 2.83. The molecule has 4 nitrogen and oxygen atoms in total.